The van der Waals surface area contributed by atoms with E-state index in [1.807, 2.05) is 23.1 Å². The third kappa shape index (κ3) is 1.71. The van der Waals surface area contributed by atoms with Gasteiger partial charge in [-0.3, -0.25) is 4.79 Å². The van der Waals surface area contributed by atoms with Crippen LogP contribution in [-0.4, -0.2) is 18.0 Å². The average Bonchev–Trinajstić information content (AvgIpc) is 2.17. The van der Waals surface area contributed by atoms with E-state index in [4.69, 9.17) is 0 Å². The van der Waals surface area contributed by atoms with E-state index in [9.17, 15) is 4.79 Å². The summed E-state index contributed by atoms with van der Waals surface area (Å²) < 4.78 is 0.945. The molecule has 2 rings (SSSR count). The van der Waals surface area contributed by atoms with Gasteiger partial charge in [-0.05, 0) is 41.9 Å². The van der Waals surface area contributed by atoms with Gasteiger partial charge in [-0.2, -0.15) is 0 Å². The molecule has 0 aliphatic carbocycles. The van der Waals surface area contributed by atoms with Gasteiger partial charge in [-0.25, -0.2) is 0 Å². The summed E-state index contributed by atoms with van der Waals surface area (Å²) in [7, 11) is 0. The fourth-order valence-corrected chi connectivity index (χ4v) is 2.71. The summed E-state index contributed by atoms with van der Waals surface area (Å²) in [5, 5.41) is 3.35. The van der Waals surface area contributed by atoms with Gasteiger partial charge in [0.25, 0.3) is 0 Å². The van der Waals surface area contributed by atoms with Crippen LogP contribution in [0.4, 0.5) is 11.4 Å². The average molecular weight is 283 g/mol. The Hall–Kier alpha value is -1.03. The number of hydrogen-bond acceptors (Lipinski definition) is 2. The Bertz CT molecular complexity index is 443. The SMILES string of the molecule is CC(=O)N1c2c(Br)cccc2NCC1(C)C. The molecule has 0 spiro atoms. The fraction of sp³-hybridized carbons (Fsp3) is 0.417. The minimum atomic E-state index is -0.206. The van der Waals surface area contributed by atoms with Crippen molar-refractivity contribution >= 4 is 33.2 Å². The number of hydrogen-bond donors (Lipinski definition) is 1. The first kappa shape index (κ1) is 11.5. The van der Waals surface area contributed by atoms with Crippen molar-refractivity contribution in [1.82, 2.24) is 0 Å². The van der Waals surface area contributed by atoms with Crippen molar-refractivity contribution in [2.45, 2.75) is 26.3 Å². The normalized spacial score (nSPS) is 17.6. The van der Waals surface area contributed by atoms with Crippen molar-refractivity contribution in [2.24, 2.45) is 0 Å². The number of amides is 1. The highest BCUT2D eigenvalue weighted by atomic mass is 79.9. The van der Waals surface area contributed by atoms with Crippen LogP contribution in [0.3, 0.4) is 0 Å². The molecule has 1 aliphatic rings. The number of para-hydroxylation sites is 1. The van der Waals surface area contributed by atoms with Crippen LogP contribution < -0.4 is 10.2 Å². The van der Waals surface area contributed by atoms with Crippen LogP contribution in [0, 0.1) is 0 Å². The summed E-state index contributed by atoms with van der Waals surface area (Å²) in [6, 6.07) is 5.91. The van der Waals surface area contributed by atoms with Crippen LogP contribution in [0.2, 0.25) is 0 Å². The zero-order valence-electron chi connectivity index (χ0n) is 9.67. The summed E-state index contributed by atoms with van der Waals surface area (Å²) in [6.45, 7) is 6.49. The van der Waals surface area contributed by atoms with Crippen LogP contribution in [0.25, 0.3) is 0 Å². The highest BCUT2D eigenvalue weighted by Gasteiger charge is 2.36. The van der Waals surface area contributed by atoms with Crippen LogP contribution in [0.1, 0.15) is 20.8 Å². The quantitative estimate of drug-likeness (QED) is 0.793. The number of halogens is 1. The molecule has 4 heteroatoms. The third-order valence-electron chi connectivity index (χ3n) is 2.84. The van der Waals surface area contributed by atoms with E-state index in [1.165, 1.54) is 0 Å². The second-order valence-corrected chi connectivity index (χ2v) is 5.51. The molecule has 86 valence electrons. The van der Waals surface area contributed by atoms with Gasteiger partial charge in [-0.15, -0.1) is 0 Å². The van der Waals surface area contributed by atoms with E-state index < -0.39 is 0 Å². The van der Waals surface area contributed by atoms with Crippen LogP contribution in [-0.2, 0) is 4.79 Å². The Balaban J connectivity index is 2.62. The molecule has 0 unspecified atom stereocenters. The molecule has 0 fully saturated rings. The zero-order chi connectivity index (χ0) is 11.9. The van der Waals surface area contributed by atoms with Crippen molar-refractivity contribution in [3.8, 4) is 0 Å². The topological polar surface area (TPSA) is 32.3 Å². The Morgan fingerprint density at radius 3 is 2.81 bits per heavy atom. The predicted octanol–water partition coefficient (Wildman–Crippen LogP) is 3.01. The molecular weight excluding hydrogens is 268 g/mol. The van der Waals surface area contributed by atoms with Gasteiger partial charge in [0.05, 0.1) is 16.9 Å². The van der Waals surface area contributed by atoms with Crippen LogP contribution in [0.15, 0.2) is 22.7 Å². The van der Waals surface area contributed by atoms with Crippen molar-refractivity contribution in [3.05, 3.63) is 22.7 Å². The van der Waals surface area contributed by atoms with E-state index in [0.29, 0.717) is 0 Å². The van der Waals surface area contributed by atoms with E-state index in [0.717, 1.165) is 22.4 Å². The van der Waals surface area contributed by atoms with E-state index >= 15 is 0 Å². The van der Waals surface area contributed by atoms with Crippen molar-refractivity contribution in [2.75, 3.05) is 16.8 Å². The summed E-state index contributed by atoms with van der Waals surface area (Å²) in [5.41, 5.74) is 1.73. The van der Waals surface area contributed by atoms with Gasteiger partial charge in [0.1, 0.15) is 0 Å². The molecule has 1 aliphatic heterocycles. The second kappa shape index (κ2) is 3.77. The number of carbonyl (C=O) groups is 1. The first-order valence-electron chi connectivity index (χ1n) is 5.27. The fourth-order valence-electron chi connectivity index (χ4n) is 2.16. The maximum absolute atomic E-state index is 11.8. The number of rotatable bonds is 0. The van der Waals surface area contributed by atoms with Gasteiger partial charge in [0.15, 0.2) is 0 Å². The first-order valence-corrected chi connectivity index (χ1v) is 6.06. The van der Waals surface area contributed by atoms with Crippen molar-refractivity contribution < 1.29 is 4.79 Å². The molecule has 0 radical (unpaired) electrons. The summed E-state index contributed by atoms with van der Waals surface area (Å²) in [6.07, 6.45) is 0. The van der Waals surface area contributed by atoms with Gasteiger partial charge >= 0.3 is 0 Å². The third-order valence-corrected chi connectivity index (χ3v) is 3.48. The highest BCUT2D eigenvalue weighted by Crippen LogP contribution is 2.41. The number of carbonyl (C=O) groups excluding carboxylic acids is 1. The van der Waals surface area contributed by atoms with Crippen LogP contribution in [0.5, 0.6) is 0 Å². The monoisotopic (exact) mass is 282 g/mol. The molecule has 0 aromatic heterocycles. The molecule has 3 nitrogen and oxygen atoms in total. The standard InChI is InChI=1S/C12H15BrN2O/c1-8(16)15-11-9(13)5-4-6-10(11)14-7-12(15,2)3/h4-6,14H,7H2,1-3H3. The number of nitrogens with zero attached hydrogens (tertiary/aromatic N) is 1. The Morgan fingerprint density at radius 1 is 1.50 bits per heavy atom. The summed E-state index contributed by atoms with van der Waals surface area (Å²) >= 11 is 3.51. The number of benzene rings is 1. The zero-order valence-corrected chi connectivity index (χ0v) is 11.3. The molecule has 0 bridgehead atoms. The lowest BCUT2D eigenvalue weighted by molar-refractivity contribution is -0.117. The molecule has 1 aromatic carbocycles. The van der Waals surface area contributed by atoms with Crippen molar-refractivity contribution in [3.63, 3.8) is 0 Å². The molecule has 16 heavy (non-hydrogen) atoms. The molecule has 1 amide bonds. The number of nitrogens with one attached hydrogen (secondary N) is 1. The Morgan fingerprint density at radius 2 is 2.19 bits per heavy atom. The molecule has 1 heterocycles. The smallest absolute Gasteiger partial charge is 0.224 e. The lowest BCUT2D eigenvalue weighted by Crippen LogP contribution is -2.54. The van der Waals surface area contributed by atoms with Crippen molar-refractivity contribution in [1.29, 1.82) is 0 Å². The largest absolute Gasteiger partial charge is 0.381 e. The highest BCUT2D eigenvalue weighted by molar-refractivity contribution is 9.10. The van der Waals surface area contributed by atoms with Gasteiger partial charge < -0.3 is 10.2 Å². The maximum atomic E-state index is 11.8. The summed E-state index contributed by atoms with van der Waals surface area (Å²) in [5.74, 6) is 0.0691. The van der Waals surface area contributed by atoms with Gasteiger partial charge in [0, 0.05) is 17.9 Å². The van der Waals surface area contributed by atoms with E-state index in [-0.39, 0.29) is 11.4 Å². The Labute approximate surface area is 104 Å². The van der Waals surface area contributed by atoms with Gasteiger partial charge in [0.2, 0.25) is 5.91 Å². The molecule has 0 saturated heterocycles. The number of fused-ring (bicyclic) bond motifs is 1. The lowest BCUT2D eigenvalue weighted by Gasteiger charge is -2.43. The Kier molecular flexibility index (Phi) is 2.70. The van der Waals surface area contributed by atoms with Crippen LogP contribution >= 0.6 is 15.9 Å². The van der Waals surface area contributed by atoms with Gasteiger partial charge in [-0.1, -0.05) is 6.07 Å². The predicted molar refractivity (Wildman–Crippen MR) is 69.9 cm³/mol. The molecular formula is C12H15BrN2O. The molecule has 1 N–H and O–H groups in total. The van der Waals surface area contributed by atoms with E-state index in [2.05, 4.69) is 35.1 Å². The first-order chi connectivity index (χ1) is 7.43. The number of anilines is 2. The van der Waals surface area contributed by atoms with E-state index in [1.54, 1.807) is 6.92 Å². The molecule has 0 saturated carbocycles. The minimum absolute atomic E-state index is 0.0691. The lowest BCUT2D eigenvalue weighted by atomic mass is 9.97. The minimum Gasteiger partial charge on any atom is -0.381 e. The summed E-state index contributed by atoms with van der Waals surface area (Å²) in [4.78, 5) is 13.7. The molecule has 0 atom stereocenters. The maximum Gasteiger partial charge on any atom is 0.224 e. The second-order valence-electron chi connectivity index (χ2n) is 4.66. The molecule has 1 aromatic rings.